The van der Waals surface area contributed by atoms with Gasteiger partial charge in [0, 0.05) is 12.8 Å². The quantitative estimate of drug-likeness (QED) is 0.642. The van der Waals surface area contributed by atoms with Crippen molar-refractivity contribution in [1.29, 1.82) is 0 Å². The van der Waals surface area contributed by atoms with E-state index in [2.05, 4.69) is 14.7 Å². The number of nitrogens with two attached hydrogens (primary N) is 1. The van der Waals surface area contributed by atoms with Crippen LogP contribution >= 0.6 is 0 Å². The molecule has 1 atom stereocenters. The summed E-state index contributed by atoms with van der Waals surface area (Å²) in [5, 5.41) is 12.6. The summed E-state index contributed by atoms with van der Waals surface area (Å²) >= 11 is 0. The fourth-order valence-corrected chi connectivity index (χ4v) is 1.38. The van der Waals surface area contributed by atoms with Crippen LogP contribution in [0.15, 0.2) is 4.52 Å². The van der Waals surface area contributed by atoms with E-state index in [4.69, 9.17) is 5.73 Å². The molecule has 80 valence electrons. The topological polar surface area (TPSA) is 119 Å². The monoisotopic (exact) mass is 221 g/mol. The summed E-state index contributed by atoms with van der Waals surface area (Å²) in [7, 11) is -3.19. The van der Waals surface area contributed by atoms with E-state index in [1.54, 1.807) is 0 Å². The first-order chi connectivity index (χ1) is 6.42. The van der Waals surface area contributed by atoms with Crippen molar-refractivity contribution in [2.45, 2.75) is 11.9 Å². The van der Waals surface area contributed by atoms with Gasteiger partial charge in [-0.2, -0.15) is 4.98 Å². The molecule has 7 nitrogen and oxygen atoms in total. The van der Waals surface area contributed by atoms with Crippen molar-refractivity contribution in [3.8, 4) is 0 Å². The molecular formula is C6H11N3O4S. The van der Waals surface area contributed by atoms with E-state index < -0.39 is 15.9 Å². The molecule has 0 amide bonds. The highest BCUT2D eigenvalue weighted by Crippen LogP contribution is 2.09. The lowest BCUT2D eigenvalue weighted by atomic mass is 10.4. The third-order valence-corrected chi connectivity index (χ3v) is 2.17. The van der Waals surface area contributed by atoms with Crippen molar-refractivity contribution >= 4 is 9.84 Å². The predicted molar refractivity (Wildman–Crippen MR) is 46.9 cm³/mol. The summed E-state index contributed by atoms with van der Waals surface area (Å²) in [6.07, 6.45) is 0.0124. The second-order valence-corrected chi connectivity index (χ2v) is 5.01. The molecule has 8 heteroatoms. The molecule has 0 aliphatic carbocycles. The van der Waals surface area contributed by atoms with Gasteiger partial charge in [0.2, 0.25) is 0 Å². The van der Waals surface area contributed by atoms with Gasteiger partial charge in [-0.3, -0.25) is 0 Å². The van der Waals surface area contributed by atoms with Crippen molar-refractivity contribution in [1.82, 2.24) is 10.1 Å². The van der Waals surface area contributed by atoms with Crippen LogP contribution in [0.25, 0.3) is 0 Å². The lowest BCUT2D eigenvalue weighted by Gasteiger charge is -1.97. The molecule has 0 saturated heterocycles. The highest BCUT2D eigenvalue weighted by molar-refractivity contribution is 7.89. The highest BCUT2D eigenvalue weighted by Gasteiger charge is 2.16. The number of sulfone groups is 1. The molecule has 0 radical (unpaired) electrons. The summed E-state index contributed by atoms with van der Waals surface area (Å²) in [5.74, 6) is -0.352. The number of nitrogens with zero attached hydrogens (tertiary/aromatic N) is 2. The molecule has 0 aliphatic rings. The zero-order valence-corrected chi connectivity index (χ0v) is 8.36. The highest BCUT2D eigenvalue weighted by atomic mass is 32.2. The van der Waals surface area contributed by atoms with E-state index in [1.807, 2.05) is 0 Å². The van der Waals surface area contributed by atoms with Gasteiger partial charge in [0.1, 0.15) is 11.9 Å². The molecule has 0 saturated carbocycles. The fourth-order valence-electron chi connectivity index (χ4n) is 0.797. The van der Waals surface area contributed by atoms with Gasteiger partial charge in [0.05, 0.1) is 0 Å². The third kappa shape index (κ3) is 3.05. The zero-order valence-electron chi connectivity index (χ0n) is 7.54. The Balaban J connectivity index is 2.79. The Kier molecular flexibility index (Phi) is 3.19. The van der Waals surface area contributed by atoms with Crippen LogP contribution in [-0.4, -0.2) is 36.5 Å². The van der Waals surface area contributed by atoms with Gasteiger partial charge in [-0.25, -0.2) is 8.42 Å². The molecule has 0 fully saturated rings. The summed E-state index contributed by atoms with van der Waals surface area (Å²) < 4.78 is 26.3. The fraction of sp³-hybridized carbons (Fsp3) is 0.667. The number of aliphatic hydroxyl groups excluding tert-OH is 1. The Morgan fingerprint density at radius 2 is 2.29 bits per heavy atom. The van der Waals surface area contributed by atoms with Gasteiger partial charge in [-0.1, -0.05) is 5.16 Å². The van der Waals surface area contributed by atoms with E-state index in [-0.39, 0.29) is 24.0 Å². The minimum absolute atomic E-state index is 0.0231. The maximum Gasteiger partial charge on any atom is 0.256 e. The Bertz CT molecular complexity index is 399. The number of aromatic nitrogens is 2. The zero-order chi connectivity index (χ0) is 10.8. The third-order valence-electron chi connectivity index (χ3n) is 1.38. The van der Waals surface area contributed by atoms with Gasteiger partial charge in [-0.05, 0) is 0 Å². The second-order valence-electron chi connectivity index (χ2n) is 2.87. The lowest BCUT2D eigenvalue weighted by Crippen LogP contribution is -2.12. The van der Waals surface area contributed by atoms with Crippen molar-refractivity contribution in [2.24, 2.45) is 5.73 Å². The van der Waals surface area contributed by atoms with Gasteiger partial charge in [0.25, 0.3) is 5.89 Å². The van der Waals surface area contributed by atoms with Crippen molar-refractivity contribution in [2.75, 3.05) is 12.8 Å². The molecule has 0 unspecified atom stereocenters. The summed E-state index contributed by atoms with van der Waals surface area (Å²) in [6, 6.07) is 0. The Morgan fingerprint density at radius 3 is 2.79 bits per heavy atom. The van der Waals surface area contributed by atoms with Crippen LogP contribution in [0.5, 0.6) is 0 Å². The second kappa shape index (κ2) is 4.03. The first-order valence-electron chi connectivity index (χ1n) is 3.80. The maximum absolute atomic E-state index is 10.8. The molecule has 0 aromatic carbocycles. The molecule has 3 N–H and O–H groups in total. The largest absolute Gasteiger partial charge is 0.382 e. The SMILES string of the molecule is CS(=O)(=O)Cc1noc([C@@H](O)CN)n1. The van der Waals surface area contributed by atoms with Crippen LogP contribution in [-0.2, 0) is 15.6 Å². The molecule has 0 bridgehead atoms. The van der Waals surface area contributed by atoms with Crippen molar-refractivity contribution in [3.63, 3.8) is 0 Å². The first kappa shape index (κ1) is 11.1. The van der Waals surface area contributed by atoms with Gasteiger partial charge >= 0.3 is 0 Å². The number of hydrogen-bond donors (Lipinski definition) is 2. The van der Waals surface area contributed by atoms with Crippen molar-refractivity contribution in [3.05, 3.63) is 11.7 Å². The van der Waals surface area contributed by atoms with E-state index in [0.29, 0.717) is 0 Å². The summed E-state index contributed by atoms with van der Waals surface area (Å²) in [4.78, 5) is 3.68. The van der Waals surface area contributed by atoms with Crippen LogP contribution < -0.4 is 5.73 Å². The predicted octanol–water partition coefficient (Wildman–Crippen LogP) is -1.39. The van der Waals surface area contributed by atoms with Crippen LogP contribution in [0.1, 0.15) is 17.8 Å². The number of hydrogen-bond acceptors (Lipinski definition) is 7. The minimum Gasteiger partial charge on any atom is -0.382 e. The number of aliphatic hydroxyl groups is 1. The van der Waals surface area contributed by atoms with Crippen LogP contribution in [0, 0.1) is 0 Å². The molecule has 1 aromatic rings. The Morgan fingerprint density at radius 1 is 1.64 bits per heavy atom. The molecular weight excluding hydrogens is 210 g/mol. The van der Waals surface area contributed by atoms with Gasteiger partial charge < -0.3 is 15.4 Å². The van der Waals surface area contributed by atoms with Crippen molar-refractivity contribution < 1.29 is 18.0 Å². The van der Waals surface area contributed by atoms with Crippen LogP contribution in [0.4, 0.5) is 0 Å². The lowest BCUT2D eigenvalue weighted by molar-refractivity contribution is 0.141. The normalized spacial score (nSPS) is 14.2. The molecule has 1 aromatic heterocycles. The maximum atomic E-state index is 10.8. The number of rotatable bonds is 4. The molecule has 1 rings (SSSR count). The Labute approximate surface area is 80.8 Å². The first-order valence-corrected chi connectivity index (χ1v) is 5.87. The van der Waals surface area contributed by atoms with E-state index in [0.717, 1.165) is 6.26 Å². The average Bonchev–Trinajstić information content (AvgIpc) is 2.48. The molecule has 14 heavy (non-hydrogen) atoms. The smallest absolute Gasteiger partial charge is 0.256 e. The van der Waals surface area contributed by atoms with E-state index >= 15 is 0 Å². The standard InChI is InChI=1S/C6H11N3O4S/c1-14(11,12)3-5-8-6(13-9-5)4(10)2-7/h4,10H,2-3,7H2,1H3/t4-/m0/s1. The van der Waals surface area contributed by atoms with E-state index in [1.165, 1.54) is 0 Å². The van der Waals surface area contributed by atoms with Crippen LogP contribution in [0.2, 0.25) is 0 Å². The molecule has 0 aliphatic heterocycles. The van der Waals surface area contributed by atoms with Gasteiger partial charge in [-0.15, -0.1) is 0 Å². The summed E-state index contributed by atoms with van der Waals surface area (Å²) in [6.45, 7) is -0.0551. The van der Waals surface area contributed by atoms with Crippen LogP contribution in [0.3, 0.4) is 0 Å². The average molecular weight is 221 g/mol. The summed E-state index contributed by atoms with van der Waals surface area (Å²) in [5.41, 5.74) is 5.14. The molecule has 0 spiro atoms. The molecule has 1 heterocycles. The Hall–Kier alpha value is -0.990. The van der Waals surface area contributed by atoms with E-state index in [9.17, 15) is 13.5 Å². The van der Waals surface area contributed by atoms with Gasteiger partial charge in [0.15, 0.2) is 15.7 Å². The minimum atomic E-state index is -3.19.